The molecule has 0 saturated carbocycles. The summed E-state index contributed by atoms with van der Waals surface area (Å²) in [4.78, 5) is 37.7. The zero-order chi connectivity index (χ0) is 21.4. The Morgan fingerprint density at radius 1 is 1.07 bits per heavy atom. The van der Waals surface area contributed by atoms with Crippen molar-refractivity contribution >= 4 is 29.2 Å². The van der Waals surface area contributed by atoms with Gasteiger partial charge in [0.05, 0.1) is 24.5 Å². The summed E-state index contributed by atoms with van der Waals surface area (Å²) in [5.41, 5.74) is 1.44. The zero-order valence-corrected chi connectivity index (χ0v) is 17.1. The van der Waals surface area contributed by atoms with Crippen LogP contribution in [0.15, 0.2) is 48.5 Å². The molecule has 1 N–H and O–H groups in total. The molecule has 2 amide bonds. The smallest absolute Gasteiger partial charge is 0.337 e. The molecule has 0 fully saturated rings. The summed E-state index contributed by atoms with van der Waals surface area (Å²) in [7, 11) is 1.29. The number of hydrogen-bond acceptors (Lipinski definition) is 5. The van der Waals surface area contributed by atoms with E-state index >= 15 is 0 Å². The predicted octanol–water partition coefficient (Wildman–Crippen LogP) is 3.64. The third kappa shape index (κ3) is 6.34. The lowest BCUT2D eigenvalue weighted by Gasteiger charge is -2.21. The molecule has 0 atom stereocenters. The van der Waals surface area contributed by atoms with Gasteiger partial charge in [0, 0.05) is 25.6 Å². The number of methoxy groups -OCH3 is 1. The quantitative estimate of drug-likeness (QED) is 0.686. The van der Waals surface area contributed by atoms with Crippen LogP contribution in [-0.4, -0.2) is 37.5 Å². The van der Waals surface area contributed by atoms with Gasteiger partial charge in [-0.1, -0.05) is 18.2 Å². The second kappa shape index (κ2) is 10.3. The summed E-state index contributed by atoms with van der Waals surface area (Å²) >= 11 is 0. The van der Waals surface area contributed by atoms with Crippen molar-refractivity contribution in [1.82, 2.24) is 0 Å². The molecule has 0 aliphatic carbocycles. The minimum Gasteiger partial charge on any atom is -0.489 e. The van der Waals surface area contributed by atoms with Crippen molar-refractivity contribution in [3.05, 3.63) is 54.1 Å². The molecule has 0 aliphatic heterocycles. The number of nitrogens with one attached hydrogen (secondary N) is 1. The standard InChI is InChI=1S/C22H26N2O5/c1-15(2)29-20-11-6-5-10-19(20)23-21(26)12-13-24(16(3)25)18-9-7-8-17(14-18)22(27)28-4/h5-11,14-15H,12-13H2,1-4H3,(H,23,26). The number of amides is 2. The van der Waals surface area contributed by atoms with E-state index in [9.17, 15) is 14.4 Å². The van der Waals surface area contributed by atoms with Crippen molar-refractivity contribution in [1.29, 1.82) is 0 Å². The maximum Gasteiger partial charge on any atom is 0.337 e. The second-order valence-electron chi connectivity index (χ2n) is 6.67. The molecule has 0 aliphatic rings. The summed E-state index contributed by atoms with van der Waals surface area (Å²) in [6.07, 6.45) is 0.0567. The number of rotatable bonds is 8. The minimum atomic E-state index is -0.491. The van der Waals surface area contributed by atoms with E-state index in [1.807, 2.05) is 26.0 Å². The Kier molecular flexibility index (Phi) is 7.77. The number of esters is 1. The maximum atomic E-state index is 12.5. The molecule has 0 bridgehead atoms. The third-order valence-corrected chi connectivity index (χ3v) is 4.05. The minimum absolute atomic E-state index is 0.0247. The maximum absolute atomic E-state index is 12.5. The van der Waals surface area contributed by atoms with Crippen LogP contribution in [0.4, 0.5) is 11.4 Å². The molecule has 0 saturated heterocycles. The number of nitrogens with zero attached hydrogens (tertiary/aromatic N) is 1. The molecule has 0 aromatic heterocycles. The van der Waals surface area contributed by atoms with Gasteiger partial charge < -0.3 is 19.7 Å². The lowest BCUT2D eigenvalue weighted by atomic mass is 10.1. The van der Waals surface area contributed by atoms with E-state index in [0.29, 0.717) is 22.7 Å². The fraction of sp³-hybridized carbons (Fsp3) is 0.318. The number of anilines is 2. The molecule has 7 heteroatoms. The van der Waals surface area contributed by atoms with Gasteiger partial charge in [0.2, 0.25) is 11.8 Å². The molecule has 0 radical (unpaired) electrons. The van der Waals surface area contributed by atoms with Crippen molar-refractivity contribution in [2.75, 3.05) is 23.9 Å². The van der Waals surface area contributed by atoms with E-state index in [2.05, 4.69) is 5.32 Å². The number of hydrogen-bond donors (Lipinski definition) is 1. The van der Waals surface area contributed by atoms with E-state index in [-0.39, 0.29) is 30.9 Å². The van der Waals surface area contributed by atoms with Crippen LogP contribution in [0.3, 0.4) is 0 Å². The van der Waals surface area contributed by atoms with E-state index in [1.54, 1.807) is 36.4 Å². The fourth-order valence-electron chi connectivity index (χ4n) is 2.74. The van der Waals surface area contributed by atoms with Crippen LogP contribution in [0.2, 0.25) is 0 Å². The summed E-state index contributed by atoms with van der Waals surface area (Å²) in [5.74, 6) is -0.386. The summed E-state index contributed by atoms with van der Waals surface area (Å²) in [6, 6.07) is 13.7. The number of para-hydroxylation sites is 2. The first-order valence-electron chi connectivity index (χ1n) is 9.33. The van der Waals surface area contributed by atoms with Gasteiger partial charge in [-0.15, -0.1) is 0 Å². The van der Waals surface area contributed by atoms with Gasteiger partial charge in [0.15, 0.2) is 0 Å². The molecule has 2 aromatic carbocycles. The Labute approximate surface area is 170 Å². The van der Waals surface area contributed by atoms with Gasteiger partial charge in [-0.25, -0.2) is 4.79 Å². The van der Waals surface area contributed by atoms with Crippen molar-refractivity contribution in [2.24, 2.45) is 0 Å². The highest BCUT2D eigenvalue weighted by Crippen LogP contribution is 2.25. The van der Waals surface area contributed by atoms with Crippen molar-refractivity contribution in [3.63, 3.8) is 0 Å². The molecular formula is C22H26N2O5. The van der Waals surface area contributed by atoms with Crippen molar-refractivity contribution in [2.45, 2.75) is 33.3 Å². The molecule has 29 heavy (non-hydrogen) atoms. The lowest BCUT2D eigenvalue weighted by Crippen LogP contribution is -2.32. The highest BCUT2D eigenvalue weighted by atomic mass is 16.5. The number of carbonyl (C=O) groups is 3. The molecule has 154 valence electrons. The first-order valence-corrected chi connectivity index (χ1v) is 9.33. The van der Waals surface area contributed by atoms with Gasteiger partial charge >= 0.3 is 5.97 Å². The normalized spacial score (nSPS) is 10.4. The van der Waals surface area contributed by atoms with Crippen LogP contribution in [0.1, 0.15) is 37.6 Å². The average Bonchev–Trinajstić information content (AvgIpc) is 2.68. The van der Waals surface area contributed by atoms with Crippen LogP contribution >= 0.6 is 0 Å². The topological polar surface area (TPSA) is 84.9 Å². The van der Waals surface area contributed by atoms with Crippen LogP contribution in [0.5, 0.6) is 5.75 Å². The molecular weight excluding hydrogens is 372 g/mol. The Morgan fingerprint density at radius 2 is 1.79 bits per heavy atom. The first-order chi connectivity index (χ1) is 13.8. The second-order valence-corrected chi connectivity index (χ2v) is 6.67. The molecule has 7 nitrogen and oxygen atoms in total. The summed E-state index contributed by atoms with van der Waals surface area (Å²) in [5, 5.41) is 2.82. The largest absolute Gasteiger partial charge is 0.489 e. The Morgan fingerprint density at radius 3 is 2.45 bits per heavy atom. The lowest BCUT2D eigenvalue weighted by molar-refractivity contribution is -0.117. The molecule has 2 rings (SSSR count). The third-order valence-electron chi connectivity index (χ3n) is 4.05. The predicted molar refractivity (Wildman–Crippen MR) is 111 cm³/mol. The Hall–Kier alpha value is -3.35. The molecule has 0 heterocycles. The van der Waals surface area contributed by atoms with Crippen LogP contribution in [-0.2, 0) is 14.3 Å². The van der Waals surface area contributed by atoms with Gasteiger partial charge in [-0.2, -0.15) is 0 Å². The monoisotopic (exact) mass is 398 g/mol. The zero-order valence-electron chi connectivity index (χ0n) is 17.1. The van der Waals surface area contributed by atoms with Crippen LogP contribution in [0, 0.1) is 0 Å². The van der Waals surface area contributed by atoms with E-state index in [4.69, 9.17) is 9.47 Å². The highest BCUT2D eigenvalue weighted by molar-refractivity contribution is 5.97. The Balaban J connectivity index is 2.07. The first kappa shape index (κ1) is 21.9. The number of ether oxygens (including phenoxy) is 2. The van der Waals surface area contributed by atoms with Gasteiger partial charge in [-0.05, 0) is 44.2 Å². The van der Waals surface area contributed by atoms with Crippen molar-refractivity contribution < 1.29 is 23.9 Å². The molecule has 0 spiro atoms. The number of carbonyl (C=O) groups excluding carboxylic acids is 3. The van der Waals surface area contributed by atoms with E-state index < -0.39 is 5.97 Å². The summed E-state index contributed by atoms with van der Waals surface area (Å²) < 4.78 is 10.4. The van der Waals surface area contributed by atoms with Crippen LogP contribution in [0.25, 0.3) is 0 Å². The molecule has 2 aromatic rings. The Bertz CT molecular complexity index is 879. The fourth-order valence-corrected chi connectivity index (χ4v) is 2.74. The van der Waals surface area contributed by atoms with Gasteiger partial charge in [0.25, 0.3) is 0 Å². The van der Waals surface area contributed by atoms with E-state index in [0.717, 1.165) is 0 Å². The van der Waals surface area contributed by atoms with Gasteiger partial charge in [-0.3, -0.25) is 9.59 Å². The van der Waals surface area contributed by atoms with Gasteiger partial charge in [0.1, 0.15) is 5.75 Å². The van der Waals surface area contributed by atoms with Crippen molar-refractivity contribution in [3.8, 4) is 5.75 Å². The molecule has 0 unspecified atom stereocenters. The van der Waals surface area contributed by atoms with E-state index in [1.165, 1.54) is 18.9 Å². The summed E-state index contributed by atoms with van der Waals surface area (Å²) in [6.45, 7) is 5.39. The van der Waals surface area contributed by atoms with Crippen LogP contribution < -0.4 is 15.0 Å². The number of benzene rings is 2. The SMILES string of the molecule is COC(=O)c1cccc(N(CCC(=O)Nc2ccccc2OC(C)C)C(C)=O)c1. The highest BCUT2D eigenvalue weighted by Gasteiger charge is 2.16. The average molecular weight is 398 g/mol.